The third-order valence-electron chi connectivity index (χ3n) is 5.68. The highest BCUT2D eigenvalue weighted by molar-refractivity contribution is 7.92. The van der Waals surface area contributed by atoms with Crippen LogP contribution in [0.5, 0.6) is 0 Å². The molecule has 1 aliphatic heterocycles. The fourth-order valence-electron chi connectivity index (χ4n) is 4.43. The van der Waals surface area contributed by atoms with Crippen LogP contribution >= 0.6 is 0 Å². The maximum Gasteiger partial charge on any atom is 0.265 e. The van der Waals surface area contributed by atoms with E-state index in [2.05, 4.69) is 0 Å². The third-order valence-corrected chi connectivity index (χ3v) is 7.48. The highest BCUT2D eigenvalue weighted by Crippen LogP contribution is 2.59. The molecule has 1 aliphatic carbocycles. The Morgan fingerprint density at radius 2 is 1.63 bits per heavy atom. The lowest BCUT2D eigenvalue weighted by atomic mass is 9.90. The molecule has 0 radical (unpaired) electrons. The van der Waals surface area contributed by atoms with E-state index in [0.29, 0.717) is 17.7 Å². The Balaban J connectivity index is 1.77. The Hall–Kier alpha value is -2.63. The molecule has 3 aromatic rings. The van der Waals surface area contributed by atoms with E-state index in [-0.39, 0.29) is 4.90 Å². The fourth-order valence-corrected chi connectivity index (χ4v) is 6.12. The van der Waals surface area contributed by atoms with Crippen LogP contribution in [-0.2, 0) is 22.0 Å². The number of fused-ring (bicyclic) bond motifs is 5. The summed E-state index contributed by atoms with van der Waals surface area (Å²) in [6.07, 6.45) is 0.408. The van der Waals surface area contributed by atoms with Crippen molar-refractivity contribution in [3.63, 3.8) is 0 Å². The van der Waals surface area contributed by atoms with E-state index in [4.69, 9.17) is 0 Å². The van der Waals surface area contributed by atoms with E-state index in [1.165, 1.54) is 4.31 Å². The van der Waals surface area contributed by atoms with E-state index in [0.717, 1.165) is 16.7 Å². The van der Waals surface area contributed by atoms with Gasteiger partial charge >= 0.3 is 0 Å². The topological polar surface area (TPSA) is 57.6 Å². The zero-order chi connectivity index (χ0) is 18.8. The molecule has 1 heterocycles. The first-order valence-corrected chi connectivity index (χ1v) is 10.4. The van der Waals surface area contributed by atoms with Gasteiger partial charge in [0.05, 0.1) is 10.6 Å². The molecule has 2 atom stereocenters. The summed E-state index contributed by atoms with van der Waals surface area (Å²) in [7, 11) is -3.83. The Morgan fingerprint density at radius 3 is 2.41 bits per heavy atom. The van der Waals surface area contributed by atoms with Gasteiger partial charge in [-0.2, -0.15) is 0 Å². The first-order valence-electron chi connectivity index (χ1n) is 8.94. The molecule has 136 valence electrons. The van der Waals surface area contributed by atoms with Gasteiger partial charge in [0, 0.05) is 12.0 Å². The lowest BCUT2D eigenvalue weighted by Gasteiger charge is -2.30. The predicted octanol–water partition coefficient (Wildman–Crippen LogP) is 3.69. The summed E-state index contributed by atoms with van der Waals surface area (Å²) >= 11 is 0. The van der Waals surface area contributed by atoms with E-state index in [9.17, 15) is 13.5 Å². The number of sulfonamides is 1. The molecule has 2 aliphatic rings. The number of hydrogen-bond donors (Lipinski definition) is 1. The highest BCUT2D eigenvalue weighted by Gasteiger charge is 2.58. The molecule has 4 nitrogen and oxygen atoms in total. The molecular weight excluding hydrogens is 358 g/mol. The lowest BCUT2D eigenvalue weighted by Crippen LogP contribution is -2.38. The maximum atomic E-state index is 13.6. The number of aryl methyl sites for hydroxylation is 1. The first-order chi connectivity index (χ1) is 12.9. The molecule has 0 fully saturated rings. The van der Waals surface area contributed by atoms with Crippen LogP contribution in [0.25, 0.3) is 0 Å². The van der Waals surface area contributed by atoms with Crippen molar-refractivity contribution in [3.05, 3.63) is 95.1 Å². The molecule has 0 unspecified atom stereocenters. The molecule has 3 aromatic carbocycles. The van der Waals surface area contributed by atoms with Gasteiger partial charge in [0.2, 0.25) is 0 Å². The van der Waals surface area contributed by atoms with Gasteiger partial charge in [0.25, 0.3) is 10.0 Å². The van der Waals surface area contributed by atoms with E-state index < -0.39 is 21.7 Å². The monoisotopic (exact) mass is 377 g/mol. The standard InChI is InChI=1S/C22H19NO3S/c1-15-10-12-17(13-11-15)27(25,26)23-20-9-5-4-8-19(20)22(24)14-16-6-2-3-7-18(16)21(22)23/h2-13,21,24H,14H2,1H3/t21-,22+/m0/s1. The largest absolute Gasteiger partial charge is 0.382 e. The van der Waals surface area contributed by atoms with Crippen LogP contribution in [-0.4, -0.2) is 13.5 Å². The van der Waals surface area contributed by atoms with E-state index >= 15 is 0 Å². The Labute approximate surface area is 158 Å². The molecule has 0 bridgehead atoms. The van der Waals surface area contributed by atoms with Gasteiger partial charge in [-0.3, -0.25) is 4.31 Å². The molecule has 0 spiro atoms. The SMILES string of the molecule is Cc1ccc(S(=O)(=O)N2c3ccccc3[C@]3(O)Cc4ccccc4[C@H]23)cc1. The first kappa shape index (κ1) is 16.5. The molecule has 0 saturated heterocycles. The van der Waals surface area contributed by atoms with Gasteiger partial charge in [-0.05, 0) is 36.2 Å². The maximum absolute atomic E-state index is 13.6. The molecule has 0 aromatic heterocycles. The average molecular weight is 377 g/mol. The summed E-state index contributed by atoms with van der Waals surface area (Å²) in [6.45, 7) is 1.92. The smallest absolute Gasteiger partial charge is 0.265 e. The van der Waals surface area contributed by atoms with E-state index in [1.807, 2.05) is 49.4 Å². The molecule has 27 heavy (non-hydrogen) atoms. The van der Waals surface area contributed by atoms with Crippen molar-refractivity contribution in [2.45, 2.75) is 29.9 Å². The second-order valence-electron chi connectivity index (χ2n) is 7.33. The highest BCUT2D eigenvalue weighted by atomic mass is 32.2. The minimum atomic E-state index is -3.83. The number of hydrogen-bond acceptors (Lipinski definition) is 3. The van der Waals surface area contributed by atoms with Crippen LogP contribution < -0.4 is 4.31 Å². The minimum Gasteiger partial charge on any atom is -0.382 e. The zero-order valence-electron chi connectivity index (χ0n) is 14.8. The molecule has 5 rings (SSSR count). The number of anilines is 1. The number of aliphatic hydroxyl groups is 1. The third kappa shape index (κ3) is 2.16. The van der Waals surface area contributed by atoms with Crippen molar-refractivity contribution < 1.29 is 13.5 Å². The summed E-state index contributed by atoms with van der Waals surface area (Å²) in [5, 5.41) is 11.6. The Morgan fingerprint density at radius 1 is 0.963 bits per heavy atom. The van der Waals surface area contributed by atoms with Crippen LogP contribution in [0.15, 0.2) is 77.7 Å². The van der Waals surface area contributed by atoms with Gasteiger partial charge in [-0.15, -0.1) is 0 Å². The number of rotatable bonds is 2. The lowest BCUT2D eigenvalue weighted by molar-refractivity contribution is 0.0332. The summed E-state index contributed by atoms with van der Waals surface area (Å²) in [4.78, 5) is 0.233. The molecule has 0 saturated carbocycles. The van der Waals surface area contributed by atoms with Gasteiger partial charge in [-0.25, -0.2) is 8.42 Å². The van der Waals surface area contributed by atoms with Crippen molar-refractivity contribution in [1.82, 2.24) is 0 Å². The average Bonchev–Trinajstić information content (AvgIpc) is 3.09. The van der Waals surface area contributed by atoms with Gasteiger partial charge in [0.15, 0.2) is 0 Å². The quantitative estimate of drug-likeness (QED) is 0.741. The Bertz CT molecular complexity index is 1150. The second kappa shape index (κ2) is 5.44. The Kier molecular flexibility index (Phi) is 3.33. The molecule has 1 N–H and O–H groups in total. The van der Waals surface area contributed by atoms with Crippen molar-refractivity contribution >= 4 is 15.7 Å². The van der Waals surface area contributed by atoms with Crippen molar-refractivity contribution in [3.8, 4) is 0 Å². The summed E-state index contributed by atoms with van der Waals surface area (Å²) in [6, 6.07) is 21.2. The van der Waals surface area contributed by atoms with E-state index in [1.54, 1.807) is 30.3 Å². The van der Waals surface area contributed by atoms with Crippen molar-refractivity contribution in [1.29, 1.82) is 0 Å². The van der Waals surface area contributed by atoms with Crippen LogP contribution in [0, 0.1) is 6.92 Å². The van der Waals surface area contributed by atoms with Crippen molar-refractivity contribution in [2.24, 2.45) is 0 Å². The van der Waals surface area contributed by atoms with Crippen LogP contribution in [0.3, 0.4) is 0 Å². The van der Waals surface area contributed by atoms with Gasteiger partial charge < -0.3 is 5.11 Å². The normalized spacial score (nSPS) is 23.0. The van der Waals surface area contributed by atoms with Crippen LogP contribution in [0.1, 0.15) is 28.3 Å². The molecule has 5 heteroatoms. The summed E-state index contributed by atoms with van der Waals surface area (Å²) < 4.78 is 28.7. The minimum absolute atomic E-state index is 0.233. The number of nitrogens with zero attached hydrogens (tertiary/aromatic N) is 1. The summed E-state index contributed by atoms with van der Waals surface area (Å²) in [5.74, 6) is 0. The summed E-state index contributed by atoms with van der Waals surface area (Å²) in [5.41, 5.74) is 2.83. The van der Waals surface area contributed by atoms with Crippen LogP contribution in [0.4, 0.5) is 5.69 Å². The van der Waals surface area contributed by atoms with Gasteiger partial charge in [0.1, 0.15) is 11.6 Å². The second-order valence-corrected chi connectivity index (χ2v) is 9.15. The molecule has 0 amide bonds. The predicted molar refractivity (Wildman–Crippen MR) is 104 cm³/mol. The molecular formula is C22H19NO3S. The zero-order valence-corrected chi connectivity index (χ0v) is 15.6. The van der Waals surface area contributed by atoms with Crippen LogP contribution in [0.2, 0.25) is 0 Å². The number of benzene rings is 3. The fraction of sp³-hybridized carbons (Fsp3) is 0.182. The number of para-hydroxylation sites is 1. The van der Waals surface area contributed by atoms with Gasteiger partial charge in [-0.1, -0.05) is 60.2 Å². The van der Waals surface area contributed by atoms with Crippen molar-refractivity contribution in [2.75, 3.05) is 4.31 Å².